The van der Waals surface area contributed by atoms with Gasteiger partial charge < -0.3 is 15.8 Å². The number of aryl methyl sites for hydroxylation is 1. The van der Waals surface area contributed by atoms with Gasteiger partial charge in [-0.3, -0.25) is 0 Å². The number of methoxy groups -OCH3 is 1. The maximum Gasteiger partial charge on any atom is 0.148 e. The summed E-state index contributed by atoms with van der Waals surface area (Å²) in [6, 6.07) is 0.546. The third-order valence-corrected chi connectivity index (χ3v) is 2.82. The number of aromatic nitrogens is 2. The molecule has 0 aliphatic heterocycles. The van der Waals surface area contributed by atoms with Gasteiger partial charge in [-0.1, -0.05) is 6.92 Å². The minimum Gasteiger partial charge on any atom is -0.394 e. The Labute approximate surface area is 103 Å². The van der Waals surface area contributed by atoms with Crippen molar-refractivity contribution in [3.63, 3.8) is 0 Å². The number of anilines is 2. The molecule has 1 rings (SSSR count). The zero-order valence-corrected chi connectivity index (χ0v) is 11.4. The Bertz CT molecular complexity index is 360. The second-order valence-electron chi connectivity index (χ2n) is 4.59. The van der Waals surface area contributed by atoms with Crippen molar-refractivity contribution in [3.05, 3.63) is 5.69 Å². The highest BCUT2D eigenvalue weighted by Gasteiger charge is 2.17. The smallest absolute Gasteiger partial charge is 0.148 e. The van der Waals surface area contributed by atoms with Crippen LogP contribution in [0.5, 0.6) is 0 Å². The Morgan fingerprint density at radius 1 is 1.47 bits per heavy atom. The number of nitrogen functional groups attached to an aromatic ring is 1. The molecule has 1 unspecified atom stereocenters. The fraction of sp³-hybridized carbons (Fsp3) is 0.750. The molecular weight excluding hydrogens is 216 g/mol. The number of hydrogen-bond acceptors (Lipinski definition) is 4. The van der Waals surface area contributed by atoms with Crippen molar-refractivity contribution in [2.45, 2.75) is 46.2 Å². The monoisotopic (exact) mass is 240 g/mol. The summed E-state index contributed by atoms with van der Waals surface area (Å²) in [4.78, 5) is 0. The molecule has 0 bridgehead atoms. The molecule has 0 aliphatic carbocycles. The molecule has 17 heavy (non-hydrogen) atoms. The van der Waals surface area contributed by atoms with E-state index in [1.165, 1.54) is 0 Å². The van der Waals surface area contributed by atoms with E-state index in [-0.39, 0.29) is 12.1 Å². The topological polar surface area (TPSA) is 65.1 Å². The van der Waals surface area contributed by atoms with Crippen molar-refractivity contribution in [1.82, 2.24) is 9.78 Å². The van der Waals surface area contributed by atoms with Gasteiger partial charge in [0.25, 0.3) is 0 Å². The molecule has 0 amide bonds. The third kappa shape index (κ3) is 3.12. The minimum absolute atomic E-state index is 0.260. The van der Waals surface area contributed by atoms with Gasteiger partial charge in [0.15, 0.2) is 0 Å². The number of hydrogen-bond donors (Lipinski definition) is 2. The van der Waals surface area contributed by atoms with Gasteiger partial charge in [0.2, 0.25) is 0 Å². The molecule has 5 nitrogen and oxygen atoms in total. The molecule has 0 fully saturated rings. The van der Waals surface area contributed by atoms with Gasteiger partial charge in [-0.05, 0) is 27.2 Å². The first-order chi connectivity index (χ1) is 8.01. The van der Waals surface area contributed by atoms with Crippen molar-refractivity contribution in [1.29, 1.82) is 0 Å². The van der Waals surface area contributed by atoms with E-state index in [0.29, 0.717) is 6.61 Å². The Balaban J connectivity index is 2.95. The molecular formula is C12H24N4O. The second kappa shape index (κ2) is 5.91. The molecule has 0 radical (unpaired) electrons. The maximum atomic E-state index is 6.05. The van der Waals surface area contributed by atoms with E-state index in [0.717, 1.165) is 23.6 Å². The Hall–Kier alpha value is -1.23. The SMILES string of the molecule is CCC(COC)Nc1c(N)c(C)nn1C(C)C. The summed E-state index contributed by atoms with van der Waals surface area (Å²) in [5.74, 6) is 0.904. The highest BCUT2D eigenvalue weighted by molar-refractivity contribution is 5.65. The summed E-state index contributed by atoms with van der Waals surface area (Å²) in [5.41, 5.74) is 7.65. The van der Waals surface area contributed by atoms with Crippen molar-refractivity contribution in [3.8, 4) is 0 Å². The number of rotatable bonds is 6. The van der Waals surface area contributed by atoms with E-state index in [9.17, 15) is 0 Å². The van der Waals surface area contributed by atoms with Crippen LogP contribution >= 0.6 is 0 Å². The number of nitrogens with zero attached hydrogens (tertiary/aromatic N) is 2. The molecule has 98 valence electrons. The summed E-state index contributed by atoms with van der Waals surface area (Å²) in [5, 5.41) is 7.86. The lowest BCUT2D eigenvalue weighted by atomic mass is 10.2. The molecule has 3 N–H and O–H groups in total. The van der Waals surface area contributed by atoms with Crippen LogP contribution in [0.4, 0.5) is 11.5 Å². The first-order valence-corrected chi connectivity index (χ1v) is 6.11. The van der Waals surface area contributed by atoms with E-state index in [2.05, 4.69) is 31.2 Å². The summed E-state index contributed by atoms with van der Waals surface area (Å²) < 4.78 is 7.11. The van der Waals surface area contributed by atoms with Gasteiger partial charge in [-0.25, -0.2) is 4.68 Å². The third-order valence-electron chi connectivity index (χ3n) is 2.82. The van der Waals surface area contributed by atoms with E-state index >= 15 is 0 Å². The lowest BCUT2D eigenvalue weighted by Crippen LogP contribution is -2.26. The molecule has 1 atom stereocenters. The number of nitrogens with one attached hydrogen (secondary N) is 1. The minimum atomic E-state index is 0.260. The average Bonchev–Trinajstić information content (AvgIpc) is 2.56. The molecule has 1 aromatic heterocycles. The van der Waals surface area contributed by atoms with E-state index in [1.807, 2.05) is 11.6 Å². The fourth-order valence-corrected chi connectivity index (χ4v) is 1.73. The average molecular weight is 240 g/mol. The Morgan fingerprint density at radius 2 is 2.12 bits per heavy atom. The highest BCUT2D eigenvalue weighted by Crippen LogP contribution is 2.26. The second-order valence-corrected chi connectivity index (χ2v) is 4.59. The van der Waals surface area contributed by atoms with Gasteiger partial charge in [0, 0.05) is 13.2 Å². The van der Waals surface area contributed by atoms with Crippen molar-refractivity contribution >= 4 is 11.5 Å². The molecule has 0 spiro atoms. The molecule has 0 saturated carbocycles. The standard InChI is InChI=1S/C12H24N4O/c1-6-10(7-17-5)14-12-11(13)9(4)15-16(12)8(2)3/h8,10,14H,6-7,13H2,1-5H3. The Kier molecular flexibility index (Phi) is 4.81. The molecule has 1 heterocycles. The maximum absolute atomic E-state index is 6.05. The molecule has 0 aliphatic rings. The van der Waals surface area contributed by atoms with Crippen LogP contribution in [0, 0.1) is 6.92 Å². The molecule has 0 aromatic carbocycles. The van der Waals surface area contributed by atoms with Crippen LogP contribution in [0.25, 0.3) is 0 Å². The van der Waals surface area contributed by atoms with Crippen molar-refractivity contribution < 1.29 is 4.74 Å². The quantitative estimate of drug-likeness (QED) is 0.800. The predicted molar refractivity (Wildman–Crippen MR) is 71.3 cm³/mol. The summed E-state index contributed by atoms with van der Waals surface area (Å²) in [6.45, 7) is 8.90. The van der Waals surface area contributed by atoms with Gasteiger partial charge in [-0.2, -0.15) is 5.10 Å². The lowest BCUT2D eigenvalue weighted by molar-refractivity contribution is 0.184. The van der Waals surface area contributed by atoms with E-state index < -0.39 is 0 Å². The van der Waals surface area contributed by atoms with Gasteiger partial charge >= 0.3 is 0 Å². The van der Waals surface area contributed by atoms with Crippen LogP contribution in [0.3, 0.4) is 0 Å². The van der Waals surface area contributed by atoms with E-state index in [4.69, 9.17) is 10.5 Å². The predicted octanol–water partition coefficient (Wildman–Crippen LogP) is 2.19. The zero-order valence-electron chi connectivity index (χ0n) is 11.4. The largest absolute Gasteiger partial charge is 0.394 e. The molecule has 0 saturated heterocycles. The fourth-order valence-electron chi connectivity index (χ4n) is 1.73. The van der Waals surface area contributed by atoms with Crippen LogP contribution in [-0.4, -0.2) is 29.5 Å². The lowest BCUT2D eigenvalue weighted by Gasteiger charge is -2.20. The Morgan fingerprint density at radius 3 is 2.59 bits per heavy atom. The van der Waals surface area contributed by atoms with Gasteiger partial charge in [-0.15, -0.1) is 0 Å². The highest BCUT2D eigenvalue weighted by atomic mass is 16.5. The van der Waals surface area contributed by atoms with Gasteiger partial charge in [0.1, 0.15) is 5.82 Å². The molecule has 5 heteroatoms. The van der Waals surface area contributed by atoms with Crippen LogP contribution in [0.2, 0.25) is 0 Å². The van der Waals surface area contributed by atoms with Crippen LogP contribution in [0.1, 0.15) is 38.9 Å². The van der Waals surface area contributed by atoms with Gasteiger partial charge in [0.05, 0.1) is 24.0 Å². The van der Waals surface area contributed by atoms with Crippen LogP contribution in [-0.2, 0) is 4.74 Å². The van der Waals surface area contributed by atoms with E-state index in [1.54, 1.807) is 7.11 Å². The number of ether oxygens (including phenoxy) is 1. The molecule has 1 aromatic rings. The summed E-state index contributed by atoms with van der Waals surface area (Å²) >= 11 is 0. The van der Waals surface area contributed by atoms with Crippen LogP contribution in [0.15, 0.2) is 0 Å². The zero-order chi connectivity index (χ0) is 13.0. The normalized spacial score (nSPS) is 13.1. The van der Waals surface area contributed by atoms with Crippen molar-refractivity contribution in [2.24, 2.45) is 0 Å². The summed E-state index contributed by atoms with van der Waals surface area (Å²) in [6.07, 6.45) is 0.982. The van der Waals surface area contributed by atoms with Crippen molar-refractivity contribution in [2.75, 3.05) is 24.8 Å². The first-order valence-electron chi connectivity index (χ1n) is 6.11. The summed E-state index contributed by atoms with van der Waals surface area (Å²) in [7, 11) is 1.71. The number of nitrogens with two attached hydrogens (primary N) is 1. The van der Waals surface area contributed by atoms with Crippen LogP contribution < -0.4 is 11.1 Å². The first kappa shape index (κ1) is 13.8.